The fraction of sp³-hybridized carbons (Fsp3) is 0.750. The third-order valence-corrected chi connectivity index (χ3v) is 2.53. The van der Waals surface area contributed by atoms with E-state index in [4.69, 9.17) is 0 Å². The molecule has 0 aromatic carbocycles. The molecule has 1 rings (SSSR count). The molecule has 1 heterocycles. The lowest BCUT2D eigenvalue weighted by molar-refractivity contribution is -0.135. The van der Waals surface area contributed by atoms with Gasteiger partial charge in [0.25, 0.3) is 0 Å². The molecule has 0 amide bonds. The second-order valence-electron chi connectivity index (χ2n) is 4.71. The average Bonchev–Trinajstić information content (AvgIpc) is 2.37. The Kier molecular flexibility index (Phi) is 6.44. The zero-order valence-electron chi connectivity index (χ0n) is 12.5. The molecule has 0 atom stereocenters. The molecular formula is C12H21F3N6. The second kappa shape index (κ2) is 7.84. The highest BCUT2D eigenvalue weighted by atomic mass is 19.4. The van der Waals surface area contributed by atoms with Crippen LogP contribution in [0.3, 0.4) is 0 Å². The van der Waals surface area contributed by atoms with Gasteiger partial charge in [-0.3, -0.25) is 0 Å². The molecule has 0 unspecified atom stereocenters. The van der Waals surface area contributed by atoms with Crippen molar-refractivity contribution in [2.75, 3.05) is 42.7 Å². The lowest BCUT2D eigenvalue weighted by atomic mass is 10.2. The number of hydrogen-bond acceptors (Lipinski definition) is 6. The average molecular weight is 306 g/mol. The monoisotopic (exact) mass is 306 g/mol. The van der Waals surface area contributed by atoms with Crippen LogP contribution in [0, 0.1) is 0 Å². The normalized spacial score (nSPS) is 11.3. The van der Waals surface area contributed by atoms with Gasteiger partial charge in [-0.2, -0.15) is 28.1 Å². The van der Waals surface area contributed by atoms with Crippen LogP contribution in [-0.4, -0.2) is 48.3 Å². The Morgan fingerprint density at radius 2 is 1.62 bits per heavy atom. The number of aromatic nitrogens is 3. The van der Waals surface area contributed by atoms with Crippen LogP contribution in [-0.2, 0) is 0 Å². The summed E-state index contributed by atoms with van der Waals surface area (Å²) < 4.78 is 36.1. The predicted molar refractivity (Wildman–Crippen MR) is 76.7 cm³/mol. The van der Waals surface area contributed by atoms with Gasteiger partial charge in [0.2, 0.25) is 17.8 Å². The zero-order chi connectivity index (χ0) is 15.9. The van der Waals surface area contributed by atoms with Crippen LogP contribution in [0.2, 0.25) is 0 Å². The largest absolute Gasteiger partial charge is 0.389 e. The van der Waals surface area contributed by atoms with Crippen molar-refractivity contribution in [1.82, 2.24) is 15.0 Å². The molecule has 0 spiro atoms. The lowest BCUT2D eigenvalue weighted by Gasteiger charge is -2.13. The maximum atomic E-state index is 12.0. The van der Waals surface area contributed by atoms with Crippen LogP contribution in [0.5, 0.6) is 0 Å². The number of anilines is 3. The van der Waals surface area contributed by atoms with Gasteiger partial charge < -0.3 is 15.5 Å². The third-order valence-electron chi connectivity index (χ3n) is 2.53. The Bertz CT molecular complexity index is 435. The van der Waals surface area contributed by atoms with Gasteiger partial charge in [0, 0.05) is 33.6 Å². The Morgan fingerprint density at radius 1 is 1.00 bits per heavy atom. The van der Waals surface area contributed by atoms with Crippen molar-refractivity contribution in [2.24, 2.45) is 0 Å². The predicted octanol–water partition coefficient (Wildman–Crippen LogP) is 2.51. The van der Waals surface area contributed by atoms with Gasteiger partial charge in [-0.05, 0) is 19.8 Å². The molecule has 0 saturated heterocycles. The molecule has 0 bridgehead atoms. The van der Waals surface area contributed by atoms with E-state index in [1.165, 1.54) is 0 Å². The second-order valence-corrected chi connectivity index (χ2v) is 4.71. The van der Waals surface area contributed by atoms with Crippen molar-refractivity contribution in [2.45, 2.75) is 32.4 Å². The number of hydrogen-bond donors (Lipinski definition) is 2. The van der Waals surface area contributed by atoms with Crippen molar-refractivity contribution in [3.05, 3.63) is 0 Å². The fourth-order valence-electron chi connectivity index (χ4n) is 1.53. The number of nitrogens with one attached hydrogen (secondary N) is 2. The molecule has 0 radical (unpaired) electrons. The topological polar surface area (TPSA) is 66.0 Å². The van der Waals surface area contributed by atoms with Crippen LogP contribution in [0.15, 0.2) is 0 Å². The molecule has 0 fully saturated rings. The first-order chi connectivity index (χ1) is 9.81. The van der Waals surface area contributed by atoms with E-state index in [9.17, 15) is 13.2 Å². The molecule has 0 saturated carbocycles. The van der Waals surface area contributed by atoms with E-state index in [0.29, 0.717) is 37.4 Å². The van der Waals surface area contributed by atoms with Crippen LogP contribution < -0.4 is 15.5 Å². The van der Waals surface area contributed by atoms with Gasteiger partial charge in [0.1, 0.15) is 0 Å². The Balaban J connectivity index is 2.53. The molecule has 1 aromatic heterocycles. The van der Waals surface area contributed by atoms with Crippen LogP contribution in [0.4, 0.5) is 31.0 Å². The minimum absolute atomic E-state index is 0.0855. The molecular weight excluding hydrogens is 285 g/mol. The van der Waals surface area contributed by atoms with Gasteiger partial charge in [0.15, 0.2) is 0 Å². The molecule has 6 nitrogen and oxygen atoms in total. The van der Waals surface area contributed by atoms with Crippen LogP contribution >= 0.6 is 0 Å². The highest BCUT2D eigenvalue weighted by Crippen LogP contribution is 2.22. The first kappa shape index (κ1) is 17.3. The van der Waals surface area contributed by atoms with E-state index in [2.05, 4.69) is 25.6 Å². The molecule has 2 N–H and O–H groups in total. The number of nitrogens with zero attached hydrogens (tertiary/aromatic N) is 4. The summed E-state index contributed by atoms with van der Waals surface area (Å²) in [6.07, 6.45) is -4.37. The van der Waals surface area contributed by atoms with E-state index >= 15 is 0 Å². The summed E-state index contributed by atoms with van der Waals surface area (Å²) in [4.78, 5) is 14.3. The molecule has 21 heavy (non-hydrogen) atoms. The summed E-state index contributed by atoms with van der Waals surface area (Å²) in [7, 11) is 3.61. The summed E-state index contributed by atoms with van der Waals surface area (Å²) >= 11 is 0. The summed E-state index contributed by atoms with van der Waals surface area (Å²) in [6, 6.07) is 0. The van der Waals surface area contributed by atoms with Gasteiger partial charge >= 0.3 is 6.18 Å². The van der Waals surface area contributed by atoms with Crippen molar-refractivity contribution in [3.63, 3.8) is 0 Å². The molecule has 0 aliphatic heterocycles. The van der Waals surface area contributed by atoms with Gasteiger partial charge in [0.05, 0.1) is 0 Å². The van der Waals surface area contributed by atoms with E-state index in [1.54, 1.807) is 19.0 Å². The molecule has 120 valence electrons. The number of rotatable bonds is 8. The fourth-order valence-corrected chi connectivity index (χ4v) is 1.53. The zero-order valence-corrected chi connectivity index (χ0v) is 12.5. The smallest absolute Gasteiger partial charge is 0.354 e. The maximum Gasteiger partial charge on any atom is 0.389 e. The Labute approximate surface area is 122 Å². The van der Waals surface area contributed by atoms with Crippen molar-refractivity contribution < 1.29 is 13.2 Å². The number of halogens is 3. The standard InChI is InChI=1S/C12H21F3N6/c1-4-16-9-18-10(20-11(19-9)21(2)3)17-8-6-5-7-12(13,14)15/h4-8H2,1-3H3,(H2,16,17,18,19,20). The van der Waals surface area contributed by atoms with E-state index in [-0.39, 0.29) is 6.42 Å². The summed E-state index contributed by atoms with van der Waals surface area (Å²) in [5, 5.41) is 5.92. The van der Waals surface area contributed by atoms with Gasteiger partial charge in [-0.15, -0.1) is 0 Å². The van der Waals surface area contributed by atoms with Crippen LogP contribution in [0.1, 0.15) is 26.2 Å². The van der Waals surface area contributed by atoms with Gasteiger partial charge in [-0.1, -0.05) is 0 Å². The third kappa shape index (κ3) is 6.96. The SMILES string of the molecule is CCNc1nc(NCCCCC(F)(F)F)nc(N(C)C)n1. The minimum Gasteiger partial charge on any atom is -0.354 e. The van der Waals surface area contributed by atoms with Crippen LogP contribution in [0.25, 0.3) is 0 Å². The van der Waals surface area contributed by atoms with Crippen molar-refractivity contribution >= 4 is 17.8 Å². The van der Waals surface area contributed by atoms with E-state index < -0.39 is 12.6 Å². The van der Waals surface area contributed by atoms with Crippen molar-refractivity contribution in [1.29, 1.82) is 0 Å². The van der Waals surface area contributed by atoms with E-state index in [1.807, 2.05) is 6.92 Å². The Morgan fingerprint density at radius 3 is 2.14 bits per heavy atom. The summed E-state index contributed by atoms with van der Waals surface area (Å²) in [5.74, 6) is 1.28. The van der Waals surface area contributed by atoms with Crippen molar-refractivity contribution in [3.8, 4) is 0 Å². The maximum absolute atomic E-state index is 12.0. The quantitative estimate of drug-likeness (QED) is 0.719. The number of alkyl halides is 3. The lowest BCUT2D eigenvalue weighted by Crippen LogP contribution is -2.17. The van der Waals surface area contributed by atoms with E-state index in [0.717, 1.165) is 0 Å². The first-order valence-electron chi connectivity index (χ1n) is 6.79. The number of unbranched alkanes of at least 4 members (excludes halogenated alkanes) is 1. The molecule has 0 aliphatic carbocycles. The Hall–Kier alpha value is -1.80. The highest BCUT2D eigenvalue weighted by Gasteiger charge is 2.25. The molecule has 1 aromatic rings. The molecule has 9 heteroatoms. The summed E-state index contributed by atoms with van der Waals surface area (Å²) in [6.45, 7) is 2.98. The minimum atomic E-state index is -4.09. The summed E-state index contributed by atoms with van der Waals surface area (Å²) in [5.41, 5.74) is 0. The first-order valence-corrected chi connectivity index (χ1v) is 6.79. The van der Waals surface area contributed by atoms with Gasteiger partial charge in [-0.25, -0.2) is 0 Å². The molecule has 0 aliphatic rings. The highest BCUT2D eigenvalue weighted by molar-refractivity contribution is 5.42.